The minimum absolute atomic E-state index is 0. The van der Waals surface area contributed by atoms with E-state index < -0.39 is 0 Å². The Kier molecular flexibility index (Phi) is 18.0. The van der Waals surface area contributed by atoms with E-state index >= 15 is 0 Å². The van der Waals surface area contributed by atoms with Gasteiger partial charge in [-0.2, -0.15) is 0 Å². The Bertz CT molecular complexity index is 1030. The van der Waals surface area contributed by atoms with Crippen molar-refractivity contribution in [3.63, 3.8) is 0 Å². The van der Waals surface area contributed by atoms with E-state index in [0.717, 1.165) is 42.4 Å². The average Bonchev–Trinajstić information content (AvgIpc) is 3.38. The Morgan fingerprint density at radius 1 is 0.854 bits per heavy atom. The topological polar surface area (TPSA) is 32.8 Å². The van der Waals surface area contributed by atoms with Crippen LogP contribution in [-0.2, 0) is 17.9 Å². The molecule has 0 bridgehead atoms. The SMILES string of the molecule is Br.CCCCCCCCCCCCCCOc1cccc(CN(C(=O)CC)c2ccc(CN3C=C(C)SC3)cc2)c1. The molecule has 1 heterocycles. The molecule has 6 heteroatoms. The first-order valence-electron chi connectivity index (χ1n) is 15.8. The van der Waals surface area contributed by atoms with E-state index in [1.54, 1.807) is 0 Å². The molecule has 4 nitrogen and oxygen atoms in total. The van der Waals surface area contributed by atoms with Gasteiger partial charge in [0.05, 0.1) is 19.0 Å². The summed E-state index contributed by atoms with van der Waals surface area (Å²) in [6, 6.07) is 16.7. The molecule has 3 rings (SSSR count). The molecule has 1 amide bonds. The molecule has 41 heavy (non-hydrogen) atoms. The maximum Gasteiger partial charge on any atom is 0.227 e. The molecule has 0 aliphatic carbocycles. The molecule has 228 valence electrons. The molecule has 0 radical (unpaired) electrons. The first-order chi connectivity index (χ1) is 19.6. The van der Waals surface area contributed by atoms with Crippen molar-refractivity contribution in [2.24, 2.45) is 0 Å². The molecule has 0 spiro atoms. The summed E-state index contributed by atoms with van der Waals surface area (Å²) in [5.74, 6) is 2.03. The molecule has 1 aliphatic heterocycles. The Morgan fingerprint density at radius 3 is 2.07 bits per heavy atom. The molecule has 2 aromatic rings. The number of anilines is 1. The Hall–Kier alpha value is -1.92. The van der Waals surface area contributed by atoms with Gasteiger partial charge in [-0.1, -0.05) is 109 Å². The van der Waals surface area contributed by atoms with Gasteiger partial charge in [0.25, 0.3) is 0 Å². The minimum atomic E-state index is 0. The van der Waals surface area contributed by atoms with Crippen LogP contribution in [0.4, 0.5) is 5.69 Å². The van der Waals surface area contributed by atoms with Gasteiger partial charge in [0.2, 0.25) is 5.91 Å². The van der Waals surface area contributed by atoms with Crippen LogP contribution in [0.15, 0.2) is 59.6 Å². The maximum atomic E-state index is 12.9. The highest BCUT2D eigenvalue weighted by Gasteiger charge is 2.16. The van der Waals surface area contributed by atoms with Gasteiger partial charge in [0.15, 0.2) is 0 Å². The Morgan fingerprint density at radius 2 is 1.49 bits per heavy atom. The van der Waals surface area contributed by atoms with Crippen LogP contribution >= 0.6 is 28.7 Å². The third-order valence-corrected chi connectivity index (χ3v) is 8.59. The summed E-state index contributed by atoms with van der Waals surface area (Å²) in [5.41, 5.74) is 3.29. The first-order valence-corrected chi connectivity index (χ1v) is 16.7. The number of carbonyl (C=O) groups is 1. The van der Waals surface area contributed by atoms with Gasteiger partial charge in [0, 0.05) is 24.9 Å². The lowest BCUT2D eigenvalue weighted by molar-refractivity contribution is -0.118. The van der Waals surface area contributed by atoms with E-state index in [9.17, 15) is 4.79 Å². The molecule has 0 unspecified atom stereocenters. The molecular weight excluding hydrogens is 592 g/mol. The van der Waals surface area contributed by atoms with Crippen molar-refractivity contribution >= 4 is 40.3 Å². The summed E-state index contributed by atoms with van der Waals surface area (Å²) >= 11 is 1.88. The fraction of sp³-hybridized carbons (Fsp3) is 0.571. The van der Waals surface area contributed by atoms with Gasteiger partial charge >= 0.3 is 0 Å². The Balaban J connectivity index is 0.00000588. The lowest BCUT2D eigenvalue weighted by atomic mass is 10.1. The fourth-order valence-electron chi connectivity index (χ4n) is 5.19. The smallest absolute Gasteiger partial charge is 0.227 e. The molecule has 2 aromatic carbocycles. The normalized spacial score (nSPS) is 12.7. The number of hydrogen-bond donors (Lipinski definition) is 0. The van der Waals surface area contributed by atoms with Crippen molar-refractivity contribution in [2.45, 2.75) is 117 Å². The lowest BCUT2D eigenvalue weighted by Gasteiger charge is -2.23. The van der Waals surface area contributed by atoms with Gasteiger partial charge in [-0.3, -0.25) is 4.79 Å². The summed E-state index contributed by atoms with van der Waals surface area (Å²) in [6.07, 6.45) is 18.8. The predicted molar refractivity (Wildman–Crippen MR) is 183 cm³/mol. The highest BCUT2D eigenvalue weighted by molar-refractivity contribution is 8.93. The molecule has 0 atom stereocenters. The van der Waals surface area contributed by atoms with Crippen LogP contribution in [0.3, 0.4) is 0 Å². The van der Waals surface area contributed by atoms with Gasteiger partial charge in [0.1, 0.15) is 5.75 Å². The van der Waals surface area contributed by atoms with Crippen LogP contribution in [0.25, 0.3) is 0 Å². The van der Waals surface area contributed by atoms with Crippen LogP contribution in [0, 0.1) is 0 Å². The van der Waals surface area contributed by atoms with Crippen LogP contribution in [-0.4, -0.2) is 23.3 Å². The van der Waals surface area contributed by atoms with E-state index in [1.165, 1.54) is 81.1 Å². The molecule has 0 saturated carbocycles. The van der Waals surface area contributed by atoms with E-state index in [-0.39, 0.29) is 22.9 Å². The van der Waals surface area contributed by atoms with Crippen LogP contribution in [0.1, 0.15) is 115 Å². The molecule has 0 aromatic heterocycles. The number of allylic oxidation sites excluding steroid dienone is 1. The number of unbranched alkanes of at least 4 members (excludes halogenated alkanes) is 11. The van der Waals surface area contributed by atoms with Crippen LogP contribution in [0.2, 0.25) is 0 Å². The highest BCUT2D eigenvalue weighted by Crippen LogP contribution is 2.27. The number of hydrogen-bond acceptors (Lipinski definition) is 4. The number of amides is 1. The van der Waals surface area contributed by atoms with Gasteiger partial charge in [-0.05, 0) is 53.6 Å². The number of carbonyl (C=O) groups excluding carboxylic acids is 1. The molecule has 1 aliphatic rings. The van der Waals surface area contributed by atoms with Crippen molar-refractivity contribution < 1.29 is 9.53 Å². The van der Waals surface area contributed by atoms with E-state index in [4.69, 9.17) is 4.74 Å². The second-order valence-electron chi connectivity index (χ2n) is 11.1. The van der Waals surface area contributed by atoms with E-state index in [2.05, 4.69) is 61.3 Å². The molecule has 0 saturated heterocycles. The van der Waals surface area contributed by atoms with E-state index in [0.29, 0.717) is 13.0 Å². The molecule has 0 fully saturated rings. The summed E-state index contributed by atoms with van der Waals surface area (Å²) in [5, 5.41) is 0. The second kappa shape index (κ2) is 20.9. The van der Waals surface area contributed by atoms with Crippen LogP contribution < -0.4 is 9.64 Å². The minimum Gasteiger partial charge on any atom is -0.494 e. The van der Waals surface area contributed by atoms with Crippen molar-refractivity contribution in [1.29, 1.82) is 0 Å². The number of halogens is 1. The number of benzene rings is 2. The van der Waals surface area contributed by atoms with Crippen molar-refractivity contribution in [2.75, 3.05) is 17.4 Å². The zero-order valence-corrected chi connectivity index (χ0v) is 28.3. The lowest BCUT2D eigenvalue weighted by Crippen LogP contribution is -2.29. The molecular formula is C35H53BrN2O2S. The summed E-state index contributed by atoms with van der Waals surface area (Å²) in [6.45, 7) is 8.56. The maximum absolute atomic E-state index is 12.9. The quantitative estimate of drug-likeness (QED) is 0.134. The monoisotopic (exact) mass is 644 g/mol. The van der Waals surface area contributed by atoms with Gasteiger partial charge in [-0.25, -0.2) is 0 Å². The third-order valence-electron chi connectivity index (χ3n) is 7.57. The van der Waals surface area contributed by atoms with Gasteiger partial charge in [-0.15, -0.1) is 28.7 Å². The average molecular weight is 646 g/mol. The zero-order valence-electron chi connectivity index (χ0n) is 25.7. The number of rotatable bonds is 20. The first kappa shape index (κ1) is 35.3. The fourth-order valence-corrected chi connectivity index (χ4v) is 5.95. The Labute approximate surface area is 265 Å². The second-order valence-corrected chi connectivity index (χ2v) is 12.3. The zero-order chi connectivity index (χ0) is 28.4. The number of thioether (sulfide) groups is 1. The summed E-state index contributed by atoms with van der Waals surface area (Å²) in [4.78, 5) is 18.5. The predicted octanol–water partition coefficient (Wildman–Crippen LogP) is 10.7. The van der Waals surface area contributed by atoms with Crippen molar-refractivity contribution in [3.05, 3.63) is 70.8 Å². The third kappa shape index (κ3) is 13.7. The van der Waals surface area contributed by atoms with Crippen molar-refractivity contribution in [3.8, 4) is 5.75 Å². The number of ether oxygens (including phenoxy) is 1. The summed E-state index contributed by atoms with van der Waals surface area (Å²) in [7, 11) is 0. The van der Waals surface area contributed by atoms with Gasteiger partial charge < -0.3 is 14.5 Å². The van der Waals surface area contributed by atoms with E-state index in [1.807, 2.05) is 35.7 Å². The summed E-state index contributed by atoms with van der Waals surface area (Å²) < 4.78 is 6.08. The largest absolute Gasteiger partial charge is 0.494 e. The molecule has 0 N–H and O–H groups in total. The van der Waals surface area contributed by atoms with Crippen LogP contribution in [0.5, 0.6) is 5.75 Å². The van der Waals surface area contributed by atoms with Crippen molar-refractivity contribution in [1.82, 2.24) is 4.90 Å². The number of nitrogens with zero attached hydrogens (tertiary/aromatic N) is 2. The standard InChI is InChI=1S/C35H52N2O2S.BrH/c1-4-6-7-8-9-10-11-12-13-14-15-16-24-39-34-19-17-18-32(25-34)28-37(35(38)5-2)33-22-20-31(21-23-33)27-36-26-30(3)40-29-36;/h17-23,25-26H,4-16,24,27-29H2,1-3H3;1H. The highest BCUT2D eigenvalue weighted by atomic mass is 79.9.